The van der Waals surface area contributed by atoms with Crippen LogP contribution in [0, 0.1) is 0 Å². The summed E-state index contributed by atoms with van der Waals surface area (Å²) >= 11 is 5.84. The Morgan fingerprint density at radius 3 is 2.14 bits per heavy atom. The zero-order valence-electron chi connectivity index (χ0n) is 11.7. The molecule has 0 aliphatic rings. The molecule has 0 heterocycles. The lowest BCUT2D eigenvalue weighted by atomic mass is 10.1. The second kappa shape index (κ2) is 7.81. The van der Waals surface area contributed by atoms with Crippen molar-refractivity contribution in [1.82, 2.24) is 5.32 Å². The Kier molecular flexibility index (Phi) is 5.78. The van der Waals surface area contributed by atoms with Gasteiger partial charge in [0.05, 0.1) is 6.42 Å². The summed E-state index contributed by atoms with van der Waals surface area (Å²) in [6.45, 7) is 1.67. The normalized spacial score (nSPS) is 10.5. The molecular formula is C17H18ClNO2. The zero-order valence-corrected chi connectivity index (χ0v) is 12.4. The first-order valence-corrected chi connectivity index (χ1v) is 7.26. The summed E-state index contributed by atoms with van der Waals surface area (Å²) in [6, 6.07) is 15.5. The van der Waals surface area contributed by atoms with E-state index in [4.69, 9.17) is 16.7 Å². The number of carboxylic acid groups (broad SMARTS) is 1. The maximum Gasteiger partial charge on any atom is 0.307 e. The van der Waals surface area contributed by atoms with Gasteiger partial charge < -0.3 is 10.4 Å². The number of halogens is 1. The van der Waals surface area contributed by atoms with E-state index in [0.717, 1.165) is 35.7 Å². The Labute approximate surface area is 129 Å². The second-order valence-electron chi connectivity index (χ2n) is 4.94. The van der Waals surface area contributed by atoms with Crippen LogP contribution in [-0.4, -0.2) is 17.6 Å². The molecule has 4 heteroatoms. The Bertz CT molecular complexity index is 579. The summed E-state index contributed by atoms with van der Waals surface area (Å²) in [6.07, 6.45) is 1.03. The molecule has 2 rings (SSSR count). The molecule has 0 atom stereocenters. The van der Waals surface area contributed by atoms with Crippen LogP contribution in [0.15, 0.2) is 48.5 Å². The van der Waals surface area contributed by atoms with Crippen LogP contribution in [0.25, 0.3) is 0 Å². The van der Waals surface area contributed by atoms with Crippen LogP contribution in [0.3, 0.4) is 0 Å². The fraction of sp³-hybridized carbons (Fsp3) is 0.235. The van der Waals surface area contributed by atoms with Gasteiger partial charge in [0.15, 0.2) is 0 Å². The van der Waals surface area contributed by atoms with Gasteiger partial charge in [0.25, 0.3) is 0 Å². The molecule has 110 valence electrons. The largest absolute Gasteiger partial charge is 0.481 e. The van der Waals surface area contributed by atoms with Crippen molar-refractivity contribution in [3.8, 4) is 0 Å². The average molecular weight is 304 g/mol. The molecule has 2 N–H and O–H groups in total. The fourth-order valence-corrected chi connectivity index (χ4v) is 2.19. The second-order valence-corrected chi connectivity index (χ2v) is 5.38. The first kappa shape index (κ1) is 15.5. The fourth-order valence-electron chi connectivity index (χ4n) is 2.07. The molecule has 21 heavy (non-hydrogen) atoms. The number of nitrogens with one attached hydrogen (secondary N) is 1. The van der Waals surface area contributed by atoms with E-state index >= 15 is 0 Å². The summed E-state index contributed by atoms with van der Waals surface area (Å²) in [5.41, 5.74) is 3.23. The van der Waals surface area contributed by atoms with E-state index in [1.807, 2.05) is 48.5 Å². The van der Waals surface area contributed by atoms with Gasteiger partial charge in [0, 0.05) is 11.6 Å². The van der Waals surface area contributed by atoms with Crippen LogP contribution >= 0.6 is 11.6 Å². The molecule has 0 unspecified atom stereocenters. The Hall–Kier alpha value is -1.84. The highest BCUT2D eigenvalue weighted by atomic mass is 35.5. The summed E-state index contributed by atoms with van der Waals surface area (Å²) in [5.74, 6) is -0.802. The van der Waals surface area contributed by atoms with Crippen molar-refractivity contribution >= 4 is 17.6 Å². The van der Waals surface area contributed by atoms with Gasteiger partial charge >= 0.3 is 5.97 Å². The smallest absolute Gasteiger partial charge is 0.307 e. The summed E-state index contributed by atoms with van der Waals surface area (Å²) < 4.78 is 0. The van der Waals surface area contributed by atoms with Crippen LogP contribution in [0.5, 0.6) is 0 Å². The van der Waals surface area contributed by atoms with Crippen LogP contribution in [-0.2, 0) is 24.2 Å². The lowest BCUT2D eigenvalue weighted by Crippen LogP contribution is -2.16. The number of carboxylic acids is 1. The molecule has 2 aromatic carbocycles. The third-order valence-electron chi connectivity index (χ3n) is 3.21. The highest BCUT2D eigenvalue weighted by molar-refractivity contribution is 6.30. The lowest BCUT2D eigenvalue weighted by molar-refractivity contribution is -0.136. The standard InChI is InChI=1S/C17H18ClNO2/c18-16-7-5-13(6-8-16)9-10-19-12-15-3-1-14(2-4-15)11-17(20)21/h1-8,19H,9-12H2,(H,20,21). The summed E-state index contributed by atoms with van der Waals surface area (Å²) in [4.78, 5) is 10.6. The monoisotopic (exact) mass is 303 g/mol. The van der Waals surface area contributed by atoms with Crippen LogP contribution < -0.4 is 5.32 Å². The van der Waals surface area contributed by atoms with E-state index in [0.29, 0.717) is 0 Å². The number of rotatable bonds is 7. The third-order valence-corrected chi connectivity index (χ3v) is 3.46. The van der Waals surface area contributed by atoms with Gasteiger partial charge in [-0.2, -0.15) is 0 Å². The minimum absolute atomic E-state index is 0.0737. The van der Waals surface area contributed by atoms with Crippen LogP contribution in [0.4, 0.5) is 0 Å². The van der Waals surface area contributed by atoms with Crippen molar-refractivity contribution in [2.45, 2.75) is 19.4 Å². The predicted molar refractivity (Wildman–Crippen MR) is 84.6 cm³/mol. The average Bonchev–Trinajstić information content (AvgIpc) is 2.46. The Balaban J connectivity index is 1.73. The van der Waals surface area contributed by atoms with Crippen LogP contribution in [0.2, 0.25) is 5.02 Å². The van der Waals surface area contributed by atoms with E-state index < -0.39 is 5.97 Å². The minimum Gasteiger partial charge on any atom is -0.481 e. The number of benzene rings is 2. The summed E-state index contributed by atoms with van der Waals surface area (Å²) in [7, 11) is 0. The highest BCUT2D eigenvalue weighted by Gasteiger charge is 2.00. The molecule has 0 aliphatic heterocycles. The molecule has 3 nitrogen and oxygen atoms in total. The van der Waals surface area contributed by atoms with Gasteiger partial charge in [-0.1, -0.05) is 48.0 Å². The number of hydrogen-bond acceptors (Lipinski definition) is 2. The quantitative estimate of drug-likeness (QED) is 0.772. The van der Waals surface area contributed by atoms with Gasteiger partial charge in [0.2, 0.25) is 0 Å². The number of carbonyl (C=O) groups is 1. The van der Waals surface area contributed by atoms with Crippen molar-refractivity contribution in [2.75, 3.05) is 6.54 Å². The van der Waals surface area contributed by atoms with Gasteiger partial charge in [-0.25, -0.2) is 0 Å². The molecule has 0 bridgehead atoms. The van der Waals surface area contributed by atoms with E-state index in [2.05, 4.69) is 5.32 Å². The topological polar surface area (TPSA) is 49.3 Å². The van der Waals surface area contributed by atoms with E-state index in [1.165, 1.54) is 5.56 Å². The molecule has 2 aromatic rings. The van der Waals surface area contributed by atoms with Gasteiger partial charge in [-0.3, -0.25) is 4.79 Å². The van der Waals surface area contributed by atoms with Crippen molar-refractivity contribution in [3.63, 3.8) is 0 Å². The molecular weight excluding hydrogens is 286 g/mol. The molecule has 0 radical (unpaired) electrons. The number of hydrogen-bond donors (Lipinski definition) is 2. The molecule has 0 saturated heterocycles. The highest BCUT2D eigenvalue weighted by Crippen LogP contribution is 2.10. The molecule has 0 saturated carbocycles. The van der Waals surface area contributed by atoms with E-state index in [1.54, 1.807) is 0 Å². The molecule has 0 aliphatic carbocycles. The molecule has 0 spiro atoms. The van der Waals surface area contributed by atoms with Crippen molar-refractivity contribution in [3.05, 3.63) is 70.2 Å². The minimum atomic E-state index is -0.802. The zero-order chi connectivity index (χ0) is 15.1. The Morgan fingerprint density at radius 1 is 0.952 bits per heavy atom. The maximum absolute atomic E-state index is 10.6. The maximum atomic E-state index is 10.6. The van der Waals surface area contributed by atoms with Gasteiger partial charge in [-0.15, -0.1) is 0 Å². The predicted octanol–water partition coefficient (Wildman–Crippen LogP) is 3.30. The SMILES string of the molecule is O=C(O)Cc1ccc(CNCCc2ccc(Cl)cc2)cc1. The Morgan fingerprint density at radius 2 is 1.52 bits per heavy atom. The van der Waals surface area contributed by atoms with Crippen molar-refractivity contribution in [1.29, 1.82) is 0 Å². The molecule has 0 amide bonds. The first-order valence-electron chi connectivity index (χ1n) is 6.88. The van der Waals surface area contributed by atoms with Crippen molar-refractivity contribution < 1.29 is 9.90 Å². The van der Waals surface area contributed by atoms with Crippen LogP contribution in [0.1, 0.15) is 16.7 Å². The molecule has 0 aromatic heterocycles. The third kappa shape index (κ3) is 5.58. The number of aliphatic carboxylic acids is 1. The van der Waals surface area contributed by atoms with E-state index in [-0.39, 0.29) is 6.42 Å². The summed E-state index contributed by atoms with van der Waals surface area (Å²) in [5, 5.41) is 12.8. The van der Waals surface area contributed by atoms with Gasteiger partial charge in [0.1, 0.15) is 0 Å². The molecule has 0 fully saturated rings. The first-order chi connectivity index (χ1) is 10.1. The van der Waals surface area contributed by atoms with Crippen molar-refractivity contribution in [2.24, 2.45) is 0 Å². The van der Waals surface area contributed by atoms with Gasteiger partial charge in [-0.05, 0) is 41.8 Å². The lowest BCUT2D eigenvalue weighted by Gasteiger charge is -2.06. The van der Waals surface area contributed by atoms with E-state index in [9.17, 15) is 4.79 Å².